The molecule has 0 saturated carbocycles. The van der Waals surface area contributed by atoms with E-state index in [4.69, 9.17) is 11.6 Å². The third kappa shape index (κ3) is 5.58. The van der Waals surface area contributed by atoms with E-state index in [9.17, 15) is 4.79 Å². The molecule has 154 valence electrons. The molecule has 0 aliphatic carbocycles. The largest absolute Gasteiger partial charge is 0.312 e. The maximum Gasteiger partial charge on any atom is 0.256 e. The van der Waals surface area contributed by atoms with Gasteiger partial charge in [-0.3, -0.25) is 10.2 Å². The number of carbonyl (C=O) groups excluding carboxylic acids is 1. The molecule has 0 bridgehead atoms. The number of hydrogen-bond acceptors (Lipinski definition) is 5. The molecule has 3 aromatic carbocycles. The van der Waals surface area contributed by atoms with Crippen molar-refractivity contribution in [3.05, 3.63) is 99.5 Å². The van der Waals surface area contributed by atoms with Gasteiger partial charge in [-0.05, 0) is 42.0 Å². The SMILES string of the molecule is O=C(Nc1sc(NN=Cc2ccccc2)nc1-c1ccc(Cl)cc1)c1ccc(Br)cc1. The quantitative estimate of drug-likeness (QED) is 0.218. The average Bonchev–Trinajstić information content (AvgIpc) is 3.18. The monoisotopic (exact) mass is 510 g/mol. The number of hydrazone groups is 1. The van der Waals surface area contributed by atoms with Gasteiger partial charge in [0, 0.05) is 20.6 Å². The molecular weight excluding hydrogens is 496 g/mol. The summed E-state index contributed by atoms with van der Waals surface area (Å²) in [6.07, 6.45) is 1.71. The van der Waals surface area contributed by atoms with Gasteiger partial charge in [-0.25, -0.2) is 4.98 Å². The minimum absolute atomic E-state index is 0.217. The van der Waals surface area contributed by atoms with Crippen molar-refractivity contribution in [1.82, 2.24) is 4.98 Å². The molecule has 0 radical (unpaired) electrons. The van der Waals surface area contributed by atoms with Crippen molar-refractivity contribution >= 4 is 61.1 Å². The highest BCUT2D eigenvalue weighted by Gasteiger charge is 2.16. The summed E-state index contributed by atoms with van der Waals surface area (Å²) >= 11 is 10.7. The van der Waals surface area contributed by atoms with Crippen LogP contribution in [0.1, 0.15) is 15.9 Å². The first-order valence-electron chi connectivity index (χ1n) is 9.26. The fourth-order valence-corrected chi connectivity index (χ4v) is 3.96. The number of carbonyl (C=O) groups is 1. The van der Waals surface area contributed by atoms with Crippen LogP contribution in [0.2, 0.25) is 5.02 Å². The normalized spacial score (nSPS) is 10.9. The van der Waals surface area contributed by atoms with E-state index >= 15 is 0 Å². The summed E-state index contributed by atoms with van der Waals surface area (Å²) in [4.78, 5) is 17.4. The Kier molecular flexibility index (Phi) is 6.76. The van der Waals surface area contributed by atoms with E-state index < -0.39 is 0 Å². The second kappa shape index (κ2) is 9.87. The maximum atomic E-state index is 12.8. The van der Waals surface area contributed by atoms with Gasteiger partial charge in [-0.2, -0.15) is 5.10 Å². The van der Waals surface area contributed by atoms with Gasteiger partial charge in [0.05, 0.1) is 6.21 Å². The Morgan fingerprint density at radius 3 is 2.42 bits per heavy atom. The number of nitrogens with one attached hydrogen (secondary N) is 2. The standard InChI is InChI=1S/C23H16BrClN4OS/c24-18-10-6-17(7-11-18)21(30)28-22-20(16-8-12-19(25)13-9-16)27-23(31-22)29-26-14-15-4-2-1-3-5-15/h1-14H,(H,27,29)(H,28,30). The van der Waals surface area contributed by atoms with E-state index in [-0.39, 0.29) is 5.91 Å². The summed E-state index contributed by atoms with van der Waals surface area (Å²) in [6, 6.07) is 24.2. The molecule has 0 aliphatic heterocycles. The number of halogens is 2. The van der Waals surface area contributed by atoms with Gasteiger partial charge in [0.15, 0.2) is 0 Å². The number of benzene rings is 3. The Hall–Kier alpha value is -3.00. The fraction of sp³-hybridized carbons (Fsp3) is 0. The average molecular weight is 512 g/mol. The van der Waals surface area contributed by atoms with Gasteiger partial charge in [-0.1, -0.05) is 81.3 Å². The first kappa shape index (κ1) is 21.2. The summed E-state index contributed by atoms with van der Waals surface area (Å²) in [5.74, 6) is -0.217. The predicted octanol–water partition coefficient (Wildman–Crippen LogP) is 6.92. The lowest BCUT2D eigenvalue weighted by molar-refractivity contribution is 0.102. The first-order valence-corrected chi connectivity index (χ1v) is 11.2. The molecule has 0 aliphatic rings. The van der Waals surface area contributed by atoms with E-state index in [1.54, 1.807) is 30.5 Å². The zero-order valence-electron chi connectivity index (χ0n) is 16.0. The molecule has 0 spiro atoms. The Labute approximate surface area is 196 Å². The smallest absolute Gasteiger partial charge is 0.256 e. The van der Waals surface area contributed by atoms with Crippen molar-refractivity contribution < 1.29 is 4.79 Å². The van der Waals surface area contributed by atoms with Crippen molar-refractivity contribution in [3.63, 3.8) is 0 Å². The van der Waals surface area contributed by atoms with Crippen LogP contribution in [0.4, 0.5) is 10.1 Å². The third-order valence-electron chi connectivity index (χ3n) is 4.25. The number of nitrogens with zero attached hydrogens (tertiary/aromatic N) is 2. The van der Waals surface area contributed by atoms with E-state index in [1.807, 2.05) is 54.6 Å². The molecule has 1 aromatic heterocycles. The van der Waals surface area contributed by atoms with E-state index in [1.165, 1.54) is 11.3 Å². The van der Waals surface area contributed by atoms with Crippen molar-refractivity contribution in [2.75, 3.05) is 10.7 Å². The van der Waals surface area contributed by atoms with Crippen LogP contribution in [0.5, 0.6) is 0 Å². The summed E-state index contributed by atoms with van der Waals surface area (Å²) in [6.45, 7) is 0. The second-order valence-electron chi connectivity index (χ2n) is 6.45. The zero-order chi connectivity index (χ0) is 21.6. The molecule has 0 unspecified atom stereocenters. The van der Waals surface area contributed by atoms with Crippen LogP contribution in [-0.4, -0.2) is 17.1 Å². The molecule has 0 saturated heterocycles. The summed E-state index contributed by atoms with van der Waals surface area (Å²) < 4.78 is 0.909. The Bertz CT molecular complexity index is 1210. The lowest BCUT2D eigenvalue weighted by Crippen LogP contribution is -2.11. The minimum atomic E-state index is -0.217. The van der Waals surface area contributed by atoms with Crippen molar-refractivity contribution in [2.45, 2.75) is 0 Å². The molecule has 5 nitrogen and oxygen atoms in total. The molecule has 4 aromatic rings. The topological polar surface area (TPSA) is 66.4 Å². The predicted molar refractivity (Wildman–Crippen MR) is 132 cm³/mol. The van der Waals surface area contributed by atoms with Crippen molar-refractivity contribution in [3.8, 4) is 11.3 Å². The van der Waals surface area contributed by atoms with Gasteiger partial charge < -0.3 is 5.32 Å². The van der Waals surface area contributed by atoms with E-state index in [0.29, 0.717) is 26.4 Å². The molecule has 1 amide bonds. The summed E-state index contributed by atoms with van der Waals surface area (Å²) in [7, 11) is 0. The number of thiazole rings is 1. The fourth-order valence-electron chi connectivity index (χ4n) is 2.73. The zero-order valence-corrected chi connectivity index (χ0v) is 19.2. The Morgan fingerprint density at radius 1 is 1.00 bits per heavy atom. The molecule has 0 fully saturated rings. The van der Waals surface area contributed by atoms with Gasteiger partial charge in [0.1, 0.15) is 10.7 Å². The molecule has 4 rings (SSSR count). The number of aromatic nitrogens is 1. The van der Waals surface area contributed by atoms with E-state index in [0.717, 1.165) is 15.6 Å². The number of amides is 1. The van der Waals surface area contributed by atoms with Crippen LogP contribution in [0.15, 0.2) is 88.4 Å². The lowest BCUT2D eigenvalue weighted by Gasteiger charge is -2.06. The molecule has 0 atom stereocenters. The number of hydrogen-bond donors (Lipinski definition) is 2. The van der Waals surface area contributed by atoms with Gasteiger partial charge in [0.2, 0.25) is 5.13 Å². The lowest BCUT2D eigenvalue weighted by atomic mass is 10.1. The first-order chi connectivity index (χ1) is 15.1. The minimum Gasteiger partial charge on any atom is -0.312 e. The maximum absolute atomic E-state index is 12.8. The van der Waals surface area contributed by atoms with Crippen molar-refractivity contribution in [2.24, 2.45) is 5.10 Å². The molecular formula is C23H16BrClN4OS. The Balaban J connectivity index is 1.60. The highest BCUT2D eigenvalue weighted by Crippen LogP contribution is 2.36. The van der Waals surface area contributed by atoms with Crippen LogP contribution in [0.25, 0.3) is 11.3 Å². The molecule has 1 heterocycles. The van der Waals surface area contributed by atoms with Crippen LogP contribution < -0.4 is 10.7 Å². The molecule has 2 N–H and O–H groups in total. The van der Waals surface area contributed by atoms with Crippen molar-refractivity contribution in [1.29, 1.82) is 0 Å². The van der Waals surface area contributed by atoms with Crippen LogP contribution in [0, 0.1) is 0 Å². The van der Waals surface area contributed by atoms with E-state index in [2.05, 4.69) is 36.8 Å². The van der Waals surface area contributed by atoms with Crippen LogP contribution in [-0.2, 0) is 0 Å². The number of rotatable bonds is 6. The molecule has 8 heteroatoms. The third-order valence-corrected chi connectivity index (χ3v) is 5.91. The van der Waals surface area contributed by atoms with Gasteiger partial charge in [-0.15, -0.1) is 0 Å². The summed E-state index contributed by atoms with van der Waals surface area (Å²) in [5.41, 5.74) is 5.95. The highest BCUT2D eigenvalue weighted by atomic mass is 79.9. The van der Waals surface area contributed by atoms with Crippen LogP contribution in [0.3, 0.4) is 0 Å². The van der Waals surface area contributed by atoms with Crippen LogP contribution >= 0.6 is 38.9 Å². The summed E-state index contributed by atoms with van der Waals surface area (Å²) in [5, 5.41) is 9.03. The second-order valence-corrected chi connectivity index (χ2v) is 8.80. The van der Waals surface area contributed by atoms with Gasteiger partial charge >= 0.3 is 0 Å². The molecule has 31 heavy (non-hydrogen) atoms. The number of anilines is 2. The Morgan fingerprint density at radius 2 is 1.71 bits per heavy atom. The highest BCUT2D eigenvalue weighted by molar-refractivity contribution is 9.10. The van der Waals surface area contributed by atoms with Gasteiger partial charge in [0.25, 0.3) is 5.91 Å².